The summed E-state index contributed by atoms with van der Waals surface area (Å²) in [5.74, 6) is -0.145. The number of sulfonamides is 1. The zero-order valence-corrected chi connectivity index (χ0v) is 19.7. The normalized spacial score (nSPS) is 11.1. The van der Waals surface area contributed by atoms with E-state index >= 15 is 0 Å². The molecule has 3 aromatic rings. The van der Waals surface area contributed by atoms with E-state index in [1.165, 1.54) is 17.2 Å². The van der Waals surface area contributed by atoms with E-state index in [9.17, 15) is 18.3 Å². The van der Waals surface area contributed by atoms with Gasteiger partial charge in [0.25, 0.3) is 15.9 Å². The van der Waals surface area contributed by atoms with E-state index in [0.29, 0.717) is 29.2 Å². The molecule has 0 radical (unpaired) electrons. The van der Waals surface area contributed by atoms with Crippen LogP contribution in [0.25, 0.3) is 0 Å². The summed E-state index contributed by atoms with van der Waals surface area (Å²) < 4.78 is 32.9. The van der Waals surface area contributed by atoms with Crippen LogP contribution in [0, 0.1) is 6.92 Å². The second-order valence-corrected chi connectivity index (χ2v) is 9.27. The second-order valence-electron chi connectivity index (χ2n) is 6.36. The molecule has 12 heteroatoms. The van der Waals surface area contributed by atoms with E-state index < -0.39 is 10.0 Å². The molecule has 168 valence electrons. The van der Waals surface area contributed by atoms with Crippen molar-refractivity contribution in [3.8, 4) is 0 Å². The summed E-state index contributed by atoms with van der Waals surface area (Å²) >= 11 is 7.17. The van der Waals surface area contributed by atoms with Crippen molar-refractivity contribution in [2.75, 3.05) is 24.4 Å². The summed E-state index contributed by atoms with van der Waals surface area (Å²) in [6, 6.07) is 7.85. The lowest BCUT2D eigenvalue weighted by Crippen LogP contribution is -2.35. The Labute approximate surface area is 195 Å². The molecule has 31 heavy (non-hydrogen) atoms. The number of thiazole rings is 1. The van der Waals surface area contributed by atoms with Crippen LogP contribution < -0.4 is 4.72 Å². The number of aliphatic hydroxyl groups excluding tert-OH is 1. The van der Waals surface area contributed by atoms with Gasteiger partial charge < -0.3 is 14.4 Å². The molecule has 0 saturated carbocycles. The molecular weight excluding hydrogens is 485 g/mol. The van der Waals surface area contributed by atoms with Crippen LogP contribution >= 0.6 is 35.3 Å². The van der Waals surface area contributed by atoms with E-state index in [2.05, 4.69) is 9.71 Å². The predicted molar refractivity (Wildman–Crippen MR) is 122 cm³/mol. The minimum Gasteiger partial charge on any atom is -0.459 e. The first kappa shape index (κ1) is 25.2. The van der Waals surface area contributed by atoms with Gasteiger partial charge >= 0.3 is 0 Å². The number of nitrogens with one attached hydrogen (secondary N) is 1. The topological polar surface area (TPSA) is 113 Å². The molecule has 0 saturated heterocycles. The van der Waals surface area contributed by atoms with Crippen LogP contribution in [0.5, 0.6) is 0 Å². The van der Waals surface area contributed by atoms with Crippen molar-refractivity contribution in [1.29, 1.82) is 0 Å². The first-order chi connectivity index (χ1) is 14.3. The van der Waals surface area contributed by atoms with Crippen molar-refractivity contribution in [3.05, 3.63) is 64.0 Å². The Bertz CT molecular complexity index is 1120. The average molecular weight is 506 g/mol. The van der Waals surface area contributed by atoms with E-state index in [1.54, 1.807) is 36.6 Å². The molecule has 0 spiro atoms. The number of carbonyl (C=O) groups is 1. The maximum absolute atomic E-state index is 12.7. The van der Waals surface area contributed by atoms with Crippen LogP contribution in [0.1, 0.15) is 21.8 Å². The molecular formula is C19H21Cl2N3O5S2. The molecule has 2 heterocycles. The highest BCUT2D eigenvalue weighted by molar-refractivity contribution is 7.93. The molecule has 0 unspecified atom stereocenters. The average Bonchev–Trinajstić information content (AvgIpc) is 3.38. The number of carbonyl (C=O) groups excluding carboxylic acids is 1. The molecule has 3 rings (SSSR count). The third-order valence-corrected chi connectivity index (χ3v) is 7.14. The molecule has 0 aliphatic carbocycles. The fourth-order valence-electron chi connectivity index (χ4n) is 2.76. The van der Waals surface area contributed by atoms with Crippen molar-refractivity contribution < 1.29 is 22.7 Å². The Morgan fingerprint density at radius 2 is 2.06 bits per heavy atom. The van der Waals surface area contributed by atoms with Crippen molar-refractivity contribution in [3.63, 3.8) is 0 Å². The molecule has 1 aromatic carbocycles. The summed E-state index contributed by atoms with van der Waals surface area (Å²) in [7, 11) is -3.83. The van der Waals surface area contributed by atoms with Gasteiger partial charge in [-0.05, 0) is 36.8 Å². The molecule has 0 atom stereocenters. The van der Waals surface area contributed by atoms with Crippen LogP contribution in [0.15, 0.2) is 51.3 Å². The number of benzene rings is 1. The number of amides is 1. The smallest absolute Gasteiger partial charge is 0.289 e. The summed E-state index contributed by atoms with van der Waals surface area (Å²) in [5.41, 5.74) is 1.08. The number of hydrogen-bond acceptors (Lipinski definition) is 7. The van der Waals surface area contributed by atoms with Gasteiger partial charge in [-0.2, -0.15) is 0 Å². The molecule has 0 bridgehead atoms. The van der Waals surface area contributed by atoms with Crippen LogP contribution in [-0.4, -0.2) is 49.0 Å². The second kappa shape index (κ2) is 11.0. The van der Waals surface area contributed by atoms with E-state index in [4.69, 9.17) is 16.0 Å². The van der Waals surface area contributed by atoms with Gasteiger partial charge in [0.15, 0.2) is 10.9 Å². The van der Waals surface area contributed by atoms with E-state index in [1.807, 2.05) is 0 Å². The number of hydrogen-bond donors (Lipinski definition) is 2. The van der Waals surface area contributed by atoms with Crippen molar-refractivity contribution in [2.45, 2.75) is 18.2 Å². The summed E-state index contributed by atoms with van der Waals surface area (Å²) in [4.78, 5) is 18.3. The maximum atomic E-state index is 12.7. The summed E-state index contributed by atoms with van der Waals surface area (Å²) in [6.45, 7) is 1.89. The van der Waals surface area contributed by atoms with E-state index in [-0.39, 0.29) is 47.3 Å². The van der Waals surface area contributed by atoms with Gasteiger partial charge in [-0.1, -0.05) is 17.7 Å². The molecule has 0 fully saturated rings. The number of halogens is 2. The van der Waals surface area contributed by atoms with Crippen LogP contribution in [0.4, 0.5) is 5.13 Å². The minimum absolute atomic E-state index is 0. The van der Waals surface area contributed by atoms with Crippen LogP contribution in [0.2, 0.25) is 5.02 Å². The molecule has 1 amide bonds. The Morgan fingerprint density at radius 1 is 1.29 bits per heavy atom. The Kier molecular flexibility index (Phi) is 8.90. The molecule has 0 aliphatic rings. The van der Waals surface area contributed by atoms with Gasteiger partial charge in [-0.15, -0.1) is 23.7 Å². The van der Waals surface area contributed by atoms with Gasteiger partial charge in [0.05, 0.1) is 23.5 Å². The Morgan fingerprint density at radius 3 is 2.74 bits per heavy atom. The fourth-order valence-corrected chi connectivity index (χ4v) is 5.26. The molecule has 2 N–H and O–H groups in total. The lowest BCUT2D eigenvalue weighted by molar-refractivity contribution is 0.0692. The lowest BCUT2D eigenvalue weighted by atomic mass is 10.2. The third kappa shape index (κ3) is 6.20. The third-order valence-electron chi connectivity index (χ3n) is 4.31. The zero-order chi connectivity index (χ0) is 21.7. The molecule has 0 aliphatic heterocycles. The van der Waals surface area contributed by atoms with Crippen molar-refractivity contribution in [2.24, 2.45) is 0 Å². The standard InChI is InChI=1S/C19H20ClN3O5S2.ClH/c1-13-15(20)4-2-6-17(13)30(26,27)22-19-21-14(12-29-19)7-8-23(9-10-24)18(25)16-5-3-11-28-16;/h2-6,11-12,24H,7-10H2,1H3,(H,21,22);1H. The highest BCUT2D eigenvalue weighted by Crippen LogP contribution is 2.26. The quantitative estimate of drug-likeness (QED) is 0.459. The number of rotatable bonds is 9. The van der Waals surface area contributed by atoms with Crippen LogP contribution in [-0.2, 0) is 16.4 Å². The predicted octanol–water partition coefficient (Wildman–Crippen LogP) is 3.60. The maximum Gasteiger partial charge on any atom is 0.289 e. The zero-order valence-electron chi connectivity index (χ0n) is 16.4. The van der Waals surface area contributed by atoms with Crippen LogP contribution in [0.3, 0.4) is 0 Å². The number of aliphatic hydroxyl groups is 1. The summed E-state index contributed by atoms with van der Waals surface area (Å²) in [5, 5.41) is 11.5. The number of aromatic nitrogens is 1. The molecule has 8 nitrogen and oxygen atoms in total. The van der Waals surface area contributed by atoms with Gasteiger partial charge in [0.2, 0.25) is 0 Å². The Balaban J connectivity index is 0.00000341. The minimum atomic E-state index is -3.83. The van der Waals surface area contributed by atoms with Crippen molar-refractivity contribution >= 4 is 56.4 Å². The van der Waals surface area contributed by atoms with Gasteiger partial charge in [-0.25, -0.2) is 13.4 Å². The monoisotopic (exact) mass is 505 g/mol. The van der Waals surface area contributed by atoms with E-state index in [0.717, 1.165) is 11.3 Å². The SMILES string of the molecule is Cc1c(Cl)cccc1S(=O)(=O)Nc1nc(CCN(CCO)C(=O)c2ccco2)cs1.Cl. The first-order valence-corrected chi connectivity index (χ1v) is 11.7. The number of anilines is 1. The van der Waals surface area contributed by atoms with Gasteiger partial charge in [0, 0.05) is 29.9 Å². The van der Waals surface area contributed by atoms with Gasteiger partial charge in [0.1, 0.15) is 0 Å². The number of nitrogens with zero attached hydrogens (tertiary/aromatic N) is 2. The first-order valence-electron chi connectivity index (χ1n) is 8.98. The largest absolute Gasteiger partial charge is 0.459 e. The number of furan rings is 1. The summed E-state index contributed by atoms with van der Waals surface area (Å²) in [6.07, 6.45) is 1.80. The highest BCUT2D eigenvalue weighted by atomic mass is 35.5. The van der Waals surface area contributed by atoms with Gasteiger partial charge in [-0.3, -0.25) is 9.52 Å². The Hall–Kier alpha value is -2.11. The van der Waals surface area contributed by atoms with Crippen molar-refractivity contribution in [1.82, 2.24) is 9.88 Å². The highest BCUT2D eigenvalue weighted by Gasteiger charge is 2.21. The lowest BCUT2D eigenvalue weighted by Gasteiger charge is -2.20. The fraction of sp³-hybridized carbons (Fsp3) is 0.263. The molecule has 2 aromatic heterocycles.